The van der Waals surface area contributed by atoms with Crippen LogP contribution in [0.1, 0.15) is 30.6 Å². The van der Waals surface area contributed by atoms with Crippen molar-refractivity contribution in [2.45, 2.75) is 25.4 Å². The Labute approximate surface area is 163 Å². The molecule has 0 bridgehead atoms. The maximum atomic E-state index is 12.5. The smallest absolute Gasteiger partial charge is 0.224 e. The van der Waals surface area contributed by atoms with Gasteiger partial charge in [-0.1, -0.05) is 37.7 Å². The zero-order valence-corrected chi connectivity index (χ0v) is 16.5. The first-order valence-corrected chi connectivity index (χ1v) is 9.90. The summed E-state index contributed by atoms with van der Waals surface area (Å²) in [6, 6.07) is 15.0. The highest BCUT2D eigenvalue weighted by atomic mass is 32.2. The second kappa shape index (κ2) is 8.39. The molecule has 3 rings (SSSR count). The van der Waals surface area contributed by atoms with E-state index in [-0.39, 0.29) is 11.7 Å². The normalized spacial score (nSPS) is 11.1. The highest BCUT2D eigenvalue weighted by Crippen LogP contribution is 2.23. The van der Waals surface area contributed by atoms with Crippen LogP contribution in [-0.4, -0.2) is 27.0 Å². The first-order valence-electron chi connectivity index (χ1n) is 8.91. The number of aromatic nitrogens is 2. The van der Waals surface area contributed by atoms with Gasteiger partial charge >= 0.3 is 0 Å². The molecule has 0 radical (unpaired) electrons. The molecular formula is C21H23N3O2S. The van der Waals surface area contributed by atoms with Gasteiger partial charge in [-0.15, -0.1) is 0 Å². The molecule has 6 heteroatoms. The molecule has 0 saturated heterocycles. The molecule has 0 aliphatic rings. The van der Waals surface area contributed by atoms with Crippen molar-refractivity contribution in [1.29, 1.82) is 0 Å². The van der Waals surface area contributed by atoms with E-state index in [0.29, 0.717) is 29.3 Å². The summed E-state index contributed by atoms with van der Waals surface area (Å²) in [6.07, 6.45) is 0.481. The molecule has 0 saturated carbocycles. The van der Waals surface area contributed by atoms with Gasteiger partial charge in [-0.25, -0.2) is 4.98 Å². The summed E-state index contributed by atoms with van der Waals surface area (Å²) in [4.78, 5) is 28.9. The predicted molar refractivity (Wildman–Crippen MR) is 110 cm³/mol. The maximum Gasteiger partial charge on any atom is 0.224 e. The van der Waals surface area contributed by atoms with Crippen molar-refractivity contribution in [2.24, 2.45) is 13.0 Å². The van der Waals surface area contributed by atoms with Gasteiger partial charge in [0.05, 0.1) is 16.8 Å². The van der Waals surface area contributed by atoms with Crippen LogP contribution in [0.3, 0.4) is 0 Å². The number of rotatable bonds is 7. The zero-order valence-electron chi connectivity index (χ0n) is 15.7. The van der Waals surface area contributed by atoms with E-state index >= 15 is 0 Å². The third-order valence-electron chi connectivity index (χ3n) is 4.16. The van der Waals surface area contributed by atoms with Crippen LogP contribution >= 0.6 is 11.8 Å². The molecule has 140 valence electrons. The number of ketones is 1. The second-order valence-electron chi connectivity index (χ2n) is 6.88. The number of amides is 1. The van der Waals surface area contributed by atoms with Crippen LogP contribution in [-0.2, 0) is 11.8 Å². The minimum absolute atomic E-state index is 0.0125. The lowest BCUT2D eigenvalue weighted by Crippen LogP contribution is -2.14. The summed E-state index contributed by atoms with van der Waals surface area (Å²) in [6.45, 7) is 4.01. The first kappa shape index (κ1) is 19.2. The highest BCUT2D eigenvalue weighted by molar-refractivity contribution is 7.99. The van der Waals surface area contributed by atoms with Gasteiger partial charge in [0, 0.05) is 24.7 Å². The van der Waals surface area contributed by atoms with Crippen LogP contribution in [0.15, 0.2) is 53.7 Å². The lowest BCUT2D eigenvalue weighted by Gasteiger charge is -2.08. The largest absolute Gasteiger partial charge is 0.326 e. The fourth-order valence-corrected chi connectivity index (χ4v) is 3.67. The van der Waals surface area contributed by atoms with Gasteiger partial charge in [0.15, 0.2) is 10.9 Å². The fourth-order valence-electron chi connectivity index (χ4n) is 2.79. The molecule has 2 aromatic carbocycles. The van der Waals surface area contributed by atoms with E-state index in [2.05, 4.69) is 10.3 Å². The van der Waals surface area contributed by atoms with Crippen LogP contribution in [0.4, 0.5) is 5.69 Å². The number of nitrogens with zero attached hydrogens (tertiary/aromatic N) is 2. The number of thioether (sulfide) groups is 1. The number of hydrogen-bond donors (Lipinski definition) is 1. The second-order valence-corrected chi connectivity index (χ2v) is 7.82. The Kier molecular flexibility index (Phi) is 5.96. The standard InChI is InChI=1S/C21H23N3O2S/c1-14(2)12-20(26)22-16-10-8-15(9-11-16)19(25)13-27-21-23-17-6-4-5-7-18(17)24(21)3/h4-11,14H,12-13H2,1-3H3,(H,22,26). The van der Waals surface area contributed by atoms with Crippen molar-refractivity contribution in [3.8, 4) is 0 Å². The van der Waals surface area contributed by atoms with E-state index < -0.39 is 0 Å². The fraction of sp³-hybridized carbons (Fsp3) is 0.286. The number of nitrogens with one attached hydrogen (secondary N) is 1. The molecule has 27 heavy (non-hydrogen) atoms. The van der Waals surface area contributed by atoms with Gasteiger partial charge in [-0.05, 0) is 42.3 Å². The van der Waals surface area contributed by atoms with E-state index in [1.165, 1.54) is 11.8 Å². The van der Waals surface area contributed by atoms with Crippen molar-refractivity contribution in [1.82, 2.24) is 9.55 Å². The summed E-state index contributed by atoms with van der Waals surface area (Å²) < 4.78 is 2.00. The maximum absolute atomic E-state index is 12.5. The lowest BCUT2D eigenvalue weighted by atomic mass is 10.1. The molecule has 0 unspecified atom stereocenters. The number of Topliss-reactive ketones (excluding diaryl/α,β-unsaturated/α-hetero) is 1. The molecule has 5 nitrogen and oxygen atoms in total. The molecule has 0 aliphatic carbocycles. The van der Waals surface area contributed by atoms with Crippen LogP contribution in [0, 0.1) is 5.92 Å². The zero-order chi connectivity index (χ0) is 19.4. The Morgan fingerprint density at radius 2 is 1.81 bits per heavy atom. The molecule has 0 aliphatic heterocycles. The third kappa shape index (κ3) is 4.77. The molecule has 0 fully saturated rings. The van der Waals surface area contributed by atoms with Gasteiger partial charge in [0.25, 0.3) is 0 Å². The Balaban J connectivity index is 1.60. The number of fused-ring (bicyclic) bond motifs is 1. The number of carbonyl (C=O) groups is 2. The Bertz CT molecular complexity index is 961. The number of carbonyl (C=O) groups excluding carboxylic acids is 2. The summed E-state index contributed by atoms with van der Waals surface area (Å²) in [7, 11) is 1.96. The average molecular weight is 382 g/mol. The quantitative estimate of drug-likeness (QED) is 0.482. The predicted octanol–water partition coefficient (Wildman–Crippen LogP) is 4.53. The SMILES string of the molecule is CC(C)CC(=O)Nc1ccc(C(=O)CSc2nc3ccccc3n2C)cc1. The van der Waals surface area contributed by atoms with Crippen molar-refractivity contribution in [2.75, 3.05) is 11.1 Å². The van der Waals surface area contributed by atoms with Crippen molar-refractivity contribution in [3.63, 3.8) is 0 Å². The minimum Gasteiger partial charge on any atom is -0.326 e. The van der Waals surface area contributed by atoms with Crippen LogP contribution in [0.25, 0.3) is 11.0 Å². The molecule has 0 atom stereocenters. The molecule has 3 aromatic rings. The summed E-state index contributed by atoms with van der Waals surface area (Å²) in [5, 5.41) is 3.67. The topological polar surface area (TPSA) is 64.0 Å². The van der Waals surface area contributed by atoms with E-state index in [9.17, 15) is 9.59 Å². The molecule has 0 spiro atoms. The molecule has 1 heterocycles. The van der Waals surface area contributed by atoms with E-state index in [0.717, 1.165) is 16.2 Å². The number of anilines is 1. The number of aryl methyl sites for hydroxylation is 1. The molecule has 1 N–H and O–H groups in total. The Hall–Kier alpha value is -2.60. The van der Waals surface area contributed by atoms with Gasteiger partial charge in [-0.2, -0.15) is 0 Å². The van der Waals surface area contributed by atoms with E-state index in [4.69, 9.17) is 0 Å². The summed E-state index contributed by atoms with van der Waals surface area (Å²) in [5.74, 6) is 0.648. The van der Waals surface area contributed by atoms with Crippen LogP contribution in [0.5, 0.6) is 0 Å². The van der Waals surface area contributed by atoms with E-state index in [1.54, 1.807) is 24.3 Å². The average Bonchev–Trinajstić information content (AvgIpc) is 2.96. The van der Waals surface area contributed by atoms with Gasteiger partial charge < -0.3 is 9.88 Å². The van der Waals surface area contributed by atoms with Gasteiger partial charge in [0.2, 0.25) is 5.91 Å². The lowest BCUT2D eigenvalue weighted by molar-refractivity contribution is -0.116. The highest BCUT2D eigenvalue weighted by Gasteiger charge is 2.12. The van der Waals surface area contributed by atoms with Crippen molar-refractivity contribution in [3.05, 3.63) is 54.1 Å². The van der Waals surface area contributed by atoms with Crippen molar-refractivity contribution >= 4 is 40.2 Å². The Morgan fingerprint density at radius 3 is 2.48 bits per heavy atom. The first-order chi connectivity index (χ1) is 12.9. The number of hydrogen-bond acceptors (Lipinski definition) is 4. The third-order valence-corrected chi connectivity index (χ3v) is 5.19. The number of benzene rings is 2. The molecule has 1 aromatic heterocycles. The van der Waals surface area contributed by atoms with Gasteiger partial charge in [0.1, 0.15) is 0 Å². The van der Waals surface area contributed by atoms with Crippen LogP contribution < -0.4 is 5.32 Å². The number of imidazole rings is 1. The van der Waals surface area contributed by atoms with Crippen molar-refractivity contribution < 1.29 is 9.59 Å². The minimum atomic E-state index is -0.0125. The van der Waals surface area contributed by atoms with Gasteiger partial charge in [-0.3, -0.25) is 9.59 Å². The van der Waals surface area contributed by atoms with E-state index in [1.807, 2.05) is 49.7 Å². The summed E-state index contributed by atoms with van der Waals surface area (Å²) in [5.41, 5.74) is 3.31. The summed E-state index contributed by atoms with van der Waals surface area (Å²) >= 11 is 1.43. The number of para-hydroxylation sites is 2. The Morgan fingerprint density at radius 1 is 1.11 bits per heavy atom. The van der Waals surface area contributed by atoms with Crippen LogP contribution in [0.2, 0.25) is 0 Å². The molecular weight excluding hydrogens is 358 g/mol. The monoisotopic (exact) mass is 381 g/mol. The molecule has 1 amide bonds.